The highest BCUT2D eigenvalue weighted by molar-refractivity contribution is 5.89. The molecule has 3 rings (SSSR count). The van der Waals surface area contributed by atoms with E-state index < -0.39 is 0 Å². The molecule has 3 fully saturated rings. The Morgan fingerprint density at radius 3 is 2.50 bits per heavy atom. The maximum absolute atomic E-state index is 12.9. The van der Waals surface area contributed by atoms with Crippen LogP contribution < -0.4 is 5.73 Å². The normalized spacial score (nSPS) is 30.8. The molecule has 2 heterocycles. The largest absolute Gasteiger partial charge is 0.378 e. The minimum atomic E-state index is -0.142. The lowest BCUT2D eigenvalue weighted by Gasteiger charge is -2.35. The van der Waals surface area contributed by atoms with Gasteiger partial charge in [-0.15, -0.1) is 0 Å². The number of likely N-dealkylation sites (tertiary alicyclic amines) is 2. The molecular formula is C20H35N3O3. The van der Waals surface area contributed by atoms with Crippen molar-refractivity contribution in [3.8, 4) is 0 Å². The Kier molecular flexibility index (Phi) is 6.92. The summed E-state index contributed by atoms with van der Waals surface area (Å²) < 4.78 is 5.82. The summed E-state index contributed by atoms with van der Waals surface area (Å²) in [5.74, 6) is 0.986. The number of amides is 2. The zero-order chi connectivity index (χ0) is 18.5. The second kappa shape index (κ2) is 9.18. The Morgan fingerprint density at radius 1 is 1.15 bits per heavy atom. The first-order chi connectivity index (χ1) is 12.6. The fraction of sp³-hybridized carbons (Fsp3) is 0.900. The van der Waals surface area contributed by atoms with Crippen LogP contribution in [0.3, 0.4) is 0 Å². The number of rotatable bonds is 6. The number of carbonyl (C=O) groups is 2. The Hall–Kier alpha value is -1.14. The lowest BCUT2D eigenvalue weighted by atomic mass is 9.86. The van der Waals surface area contributed by atoms with Gasteiger partial charge in [0.15, 0.2) is 0 Å². The van der Waals surface area contributed by atoms with Crippen molar-refractivity contribution in [2.45, 2.75) is 70.4 Å². The zero-order valence-corrected chi connectivity index (χ0v) is 16.2. The van der Waals surface area contributed by atoms with Crippen LogP contribution in [-0.4, -0.2) is 66.5 Å². The van der Waals surface area contributed by atoms with E-state index in [2.05, 4.69) is 6.92 Å². The van der Waals surface area contributed by atoms with Gasteiger partial charge in [-0.1, -0.05) is 6.92 Å². The van der Waals surface area contributed by atoms with Crippen molar-refractivity contribution in [2.75, 3.05) is 32.8 Å². The lowest BCUT2D eigenvalue weighted by molar-refractivity contribution is -0.138. The summed E-state index contributed by atoms with van der Waals surface area (Å²) >= 11 is 0. The third-order valence-corrected chi connectivity index (χ3v) is 6.39. The smallest absolute Gasteiger partial charge is 0.227 e. The van der Waals surface area contributed by atoms with E-state index >= 15 is 0 Å². The first-order valence-electron chi connectivity index (χ1n) is 10.5. The molecular weight excluding hydrogens is 330 g/mol. The van der Waals surface area contributed by atoms with Gasteiger partial charge in [-0.2, -0.15) is 0 Å². The van der Waals surface area contributed by atoms with E-state index in [0.29, 0.717) is 32.2 Å². The highest BCUT2D eigenvalue weighted by Gasteiger charge is 2.40. The number of ether oxygens (including phenoxy) is 1. The van der Waals surface area contributed by atoms with Gasteiger partial charge in [-0.3, -0.25) is 9.59 Å². The van der Waals surface area contributed by atoms with Gasteiger partial charge in [-0.25, -0.2) is 0 Å². The van der Waals surface area contributed by atoms with Gasteiger partial charge in [0, 0.05) is 38.7 Å². The van der Waals surface area contributed by atoms with Gasteiger partial charge in [0.05, 0.1) is 12.0 Å². The molecule has 1 atom stereocenters. The molecule has 2 aliphatic heterocycles. The molecule has 1 unspecified atom stereocenters. The molecule has 148 valence electrons. The molecule has 1 saturated carbocycles. The maximum Gasteiger partial charge on any atom is 0.227 e. The van der Waals surface area contributed by atoms with Crippen LogP contribution in [0, 0.1) is 11.8 Å². The van der Waals surface area contributed by atoms with Crippen LogP contribution in [0.1, 0.15) is 58.3 Å². The van der Waals surface area contributed by atoms with Gasteiger partial charge in [0.25, 0.3) is 0 Å². The zero-order valence-electron chi connectivity index (χ0n) is 16.2. The Bertz CT molecular complexity index is 483. The minimum absolute atomic E-state index is 0.142. The van der Waals surface area contributed by atoms with Crippen molar-refractivity contribution in [1.29, 1.82) is 0 Å². The number of nitrogens with two attached hydrogens (primary N) is 1. The lowest BCUT2D eigenvalue weighted by Crippen LogP contribution is -2.45. The fourth-order valence-corrected chi connectivity index (χ4v) is 4.64. The Balaban J connectivity index is 1.45. The molecule has 6 heteroatoms. The van der Waals surface area contributed by atoms with E-state index in [9.17, 15) is 9.59 Å². The van der Waals surface area contributed by atoms with Gasteiger partial charge in [0.2, 0.25) is 11.8 Å². The SMILES string of the molecule is CC1CCC(N2CC(C(=O)N3CCC(OCCCN)CC3)CC2=O)CC1. The van der Waals surface area contributed by atoms with Crippen LogP contribution in [0.15, 0.2) is 0 Å². The predicted octanol–water partition coefficient (Wildman–Crippen LogP) is 1.77. The van der Waals surface area contributed by atoms with E-state index in [1.165, 1.54) is 12.8 Å². The summed E-state index contributed by atoms with van der Waals surface area (Å²) in [7, 11) is 0. The average Bonchev–Trinajstić information content (AvgIpc) is 3.04. The summed E-state index contributed by atoms with van der Waals surface area (Å²) in [6, 6.07) is 0.359. The van der Waals surface area contributed by atoms with Crippen molar-refractivity contribution in [3.63, 3.8) is 0 Å². The minimum Gasteiger partial charge on any atom is -0.378 e. The third-order valence-electron chi connectivity index (χ3n) is 6.39. The van der Waals surface area contributed by atoms with Crippen LogP contribution >= 0.6 is 0 Å². The first kappa shape index (κ1) is 19.6. The summed E-state index contributed by atoms with van der Waals surface area (Å²) in [5, 5.41) is 0. The number of nitrogens with zero attached hydrogens (tertiary/aromatic N) is 2. The van der Waals surface area contributed by atoms with E-state index in [0.717, 1.165) is 51.1 Å². The number of hydrogen-bond acceptors (Lipinski definition) is 4. The van der Waals surface area contributed by atoms with E-state index in [4.69, 9.17) is 10.5 Å². The van der Waals surface area contributed by atoms with E-state index in [-0.39, 0.29) is 23.8 Å². The standard InChI is InChI=1S/C20H35N3O3/c1-15-3-5-17(6-4-15)23-14-16(13-19(23)24)20(25)22-10-7-18(8-11-22)26-12-2-9-21/h15-18H,2-14,21H2,1H3. The molecule has 0 radical (unpaired) electrons. The van der Waals surface area contributed by atoms with Crippen LogP contribution in [0.25, 0.3) is 0 Å². The average molecular weight is 366 g/mol. The molecule has 0 aromatic heterocycles. The molecule has 0 spiro atoms. The quantitative estimate of drug-likeness (QED) is 0.728. The molecule has 2 saturated heterocycles. The predicted molar refractivity (Wildman–Crippen MR) is 100 cm³/mol. The highest BCUT2D eigenvalue weighted by atomic mass is 16.5. The van der Waals surface area contributed by atoms with Gasteiger partial charge < -0.3 is 20.3 Å². The Morgan fingerprint density at radius 2 is 1.85 bits per heavy atom. The number of carbonyl (C=O) groups excluding carboxylic acids is 2. The van der Waals surface area contributed by atoms with E-state index in [1.807, 2.05) is 9.80 Å². The molecule has 3 aliphatic rings. The van der Waals surface area contributed by atoms with Crippen molar-refractivity contribution in [2.24, 2.45) is 17.6 Å². The molecule has 6 nitrogen and oxygen atoms in total. The Labute approximate surface area is 157 Å². The number of hydrogen-bond donors (Lipinski definition) is 1. The van der Waals surface area contributed by atoms with Gasteiger partial charge in [0.1, 0.15) is 0 Å². The molecule has 0 aromatic carbocycles. The topological polar surface area (TPSA) is 75.9 Å². The summed E-state index contributed by atoms with van der Waals surface area (Å²) in [6.45, 7) is 5.78. The molecule has 1 aliphatic carbocycles. The monoisotopic (exact) mass is 365 g/mol. The molecule has 0 bridgehead atoms. The van der Waals surface area contributed by atoms with Crippen LogP contribution in [-0.2, 0) is 14.3 Å². The second-order valence-electron chi connectivity index (χ2n) is 8.40. The van der Waals surface area contributed by atoms with Crippen LogP contribution in [0.5, 0.6) is 0 Å². The fourth-order valence-electron chi connectivity index (χ4n) is 4.64. The number of piperidine rings is 1. The third kappa shape index (κ3) is 4.77. The molecule has 2 N–H and O–H groups in total. The molecule has 2 amide bonds. The van der Waals surface area contributed by atoms with Crippen LogP contribution in [0.2, 0.25) is 0 Å². The van der Waals surface area contributed by atoms with Crippen molar-refractivity contribution in [3.05, 3.63) is 0 Å². The summed E-state index contributed by atoms with van der Waals surface area (Å²) in [5.41, 5.74) is 5.49. The van der Waals surface area contributed by atoms with E-state index in [1.54, 1.807) is 0 Å². The van der Waals surface area contributed by atoms with Gasteiger partial charge >= 0.3 is 0 Å². The van der Waals surface area contributed by atoms with Gasteiger partial charge in [-0.05, 0) is 57.4 Å². The molecule has 26 heavy (non-hydrogen) atoms. The highest BCUT2D eigenvalue weighted by Crippen LogP contribution is 2.32. The van der Waals surface area contributed by atoms with Crippen molar-refractivity contribution < 1.29 is 14.3 Å². The first-order valence-corrected chi connectivity index (χ1v) is 10.5. The molecule has 0 aromatic rings. The summed E-state index contributed by atoms with van der Waals surface area (Å²) in [6.07, 6.45) is 7.91. The second-order valence-corrected chi connectivity index (χ2v) is 8.40. The maximum atomic E-state index is 12.9. The van der Waals surface area contributed by atoms with Crippen LogP contribution in [0.4, 0.5) is 0 Å². The summed E-state index contributed by atoms with van der Waals surface area (Å²) in [4.78, 5) is 29.3. The van der Waals surface area contributed by atoms with Crippen molar-refractivity contribution >= 4 is 11.8 Å². The van der Waals surface area contributed by atoms with Crippen molar-refractivity contribution in [1.82, 2.24) is 9.80 Å².